The maximum absolute atomic E-state index is 10.5. The molecule has 0 amide bonds. The number of thiazole rings is 1. The molecule has 1 aromatic carbocycles. The molecule has 94 valence electrons. The van der Waals surface area contributed by atoms with Crippen molar-refractivity contribution in [2.75, 3.05) is 0 Å². The van der Waals surface area contributed by atoms with E-state index in [0.29, 0.717) is 5.92 Å². The Morgan fingerprint density at radius 3 is 2.72 bits per heavy atom. The molecule has 1 N–H and O–H groups in total. The van der Waals surface area contributed by atoms with Crippen LogP contribution in [-0.4, -0.2) is 10.1 Å². The summed E-state index contributed by atoms with van der Waals surface area (Å²) in [6, 6.07) is 8.25. The first-order valence-corrected chi connectivity index (χ1v) is 7.32. The molecule has 1 heterocycles. The molecule has 2 nitrogen and oxygen atoms in total. The average molecular weight is 259 g/mol. The summed E-state index contributed by atoms with van der Waals surface area (Å²) in [7, 11) is 0. The van der Waals surface area contributed by atoms with Crippen LogP contribution in [0, 0.1) is 6.92 Å². The normalized spacial score (nSPS) is 17.4. The molecule has 0 aliphatic heterocycles. The van der Waals surface area contributed by atoms with Gasteiger partial charge in [-0.05, 0) is 36.8 Å². The molecule has 1 fully saturated rings. The third-order valence-corrected chi connectivity index (χ3v) is 4.54. The van der Waals surface area contributed by atoms with Gasteiger partial charge in [-0.25, -0.2) is 4.98 Å². The second kappa shape index (κ2) is 4.82. The zero-order chi connectivity index (χ0) is 12.5. The van der Waals surface area contributed by atoms with Crippen molar-refractivity contribution in [3.05, 3.63) is 51.5 Å². The largest absolute Gasteiger partial charge is 0.382 e. The Balaban J connectivity index is 1.95. The molecule has 0 bridgehead atoms. The lowest BCUT2D eigenvalue weighted by Gasteiger charge is -2.29. The van der Waals surface area contributed by atoms with Crippen LogP contribution in [0.5, 0.6) is 0 Å². The van der Waals surface area contributed by atoms with Crippen LogP contribution in [-0.2, 0) is 0 Å². The predicted molar refractivity (Wildman–Crippen MR) is 73.9 cm³/mol. The summed E-state index contributed by atoms with van der Waals surface area (Å²) in [6.45, 7) is 1.97. The van der Waals surface area contributed by atoms with Gasteiger partial charge in [0, 0.05) is 5.38 Å². The fourth-order valence-electron chi connectivity index (χ4n) is 2.52. The van der Waals surface area contributed by atoms with E-state index in [-0.39, 0.29) is 0 Å². The molecule has 1 saturated carbocycles. The molecule has 1 aliphatic rings. The first-order chi connectivity index (χ1) is 8.75. The van der Waals surface area contributed by atoms with Crippen molar-refractivity contribution >= 4 is 11.3 Å². The summed E-state index contributed by atoms with van der Waals surface area (Å²) in [5.41, 5.74) is 3.12. The van der Waals surface area contributed by atoms with Crippen molar-refractivity contribution in [1.82, 2.24) is 4.98 Å². The number of aliphatic hydroxyl groups excluding tert-OH is 1. The quantitative estimate of drug-likeness (QED) is 0.909. The van der Waals surface area contributed by atoms with E-state index in [1.54, 1.807) is 11.3 Å². The second-order valence-corrected chi connectivity index (χ2v) is 6.01. The van der Waals surface area contributed by atoms with Gasteiger partial charge in [-0.1, -0.05) is 30.7 Å². The minimum atomic E-state index is -0.577. The van der Waals surface area contributed by atoms with Gasteiger partial charge in [0.15, 0.2) is 0 Å². The monoisotopic (exact) mass is 259 g/mol. The lowest BCUT2D eigenvalue weighted by molar-refractivity contribution is 0.213. The SMILES string of the molecule is Cc1nc(C(O)c2ccccc2C2CCC2)cs1. The van der Waals surface area contributed by atoms with Crippen molar-refractivity contribution in [2.45, 2.75) is 38.2 Å². The van der Waals surface area contributed by atoms with Gasteiger partial charge in [-0.2, -0.15) is 0 Å². The summed E-state index contributed by atoms with van der Waals surface area (Å²) < 4.78 is 0. The average Bonchev–Trinajstić information content (AvgIpc) is 2.74. The molecule has 0 saturated heterocycles. The Bertz CT molecular complexity index is 545. The topological polar surface area (TPSA) is 33.1 Å². The number of aromatic nitrogens is 1. The van der Waals surface area contributed by atoms with E-state index in [1.165, 1.54) is 24.8 Å². The number of rotatable bonds is 3. The van der Waals surface area contributed by atoms with Crippen molar-refractivity contribution in [3.8, 4) is 0 Å². The minimum Gasteiger partial charge on any atom is -0.382 e. The highest BCUT2D eigenvalue weighted by Gasteiger charge is 2.25. The standard InChI is InChI=1S/C15H17NOS/c1-10-16-14(9-18-10)15(17)13-8-3-2-7-12(13)11-5-4-6-11/h2-3,7-9,11,15,17H,4-6H2,1H3. The number of benzene rings is 1. The van der Waals surface area contributed by atoms with Crippen LogP contribution in [0.2, 0.25) is 0 Å². The lowest BCUT2D eigenvalue weighted by atomic mass is 9.77. The third-order valence-electron chi connectivity index (χ3n) is 3.75. The van der Waals surface area contributed by atoms with Crippen LogP contribution in [0.3, 0.4) is 0 Å². The number of aliphatic hydroxyl groups is 1. The lowest BCUT2D eigenvalue weighted by Crippen LogP contribution is -2.13. The molecule has 1 unspecified atom stereocenters. The van der Waals surface area contributed by atoms with Gasteiger partial charge >= 0.3 is 0 Å². The van der Waals surface area contributed by atoms with E-state index in [4.69, 9.17) is 0 Å². The highest BCUT2D eigenvalue weighted by molar-refractivity contribution is 7.09. The number of nitrogens with zero attached hydrogens (tertiary/aromatic N) is 1. The molecule has 1 aromatic heterocycles. The Morgan fingerprint density at radius 2 is 2.11 bits per heavy atom. The Kier molecular flexibility index (Phi) is 3.18. The number of hydrogen-bond donors (Lipinski definition) is 1. The molecule has 1 atom stereocenters. The fraction of sp³-hybridized carbons (Fsp3) is 0.400. The summed E-state index contributed by atoms with van der Waals surface area (Å²) in [4.78, 5) is 4.40. The highest BCUT2D eigenvalue weighted by Crippen LogP contribution is 2.40. The number of aryl methyl sites for hydroxylation is 1. The van der Waals surface area contributed by atoms with Gasteiger partial charge in [0.1, 0.15) is 6.10 Å². The van der Waals surface area contributed by atoms with Crippen molar-refractivity contribution in [3.63, 3.8) is 0 Å². The first kappa shape index (κ1) is 11.9. The fourth-order valence-corrected chi connectivity index (χ4v) is 3.15. The van der Waals surface area contributed by atoms with E-state index >= 15 is 0 Å². The Morgan fingerprint density at radius 1 is 1.33 bits per heavy atom. The molecule has 1 aliphatic carbocycles. The van der Waals surface area contributed by atoms with Gasteiger partial charge in [-0.15, -0.1) is 11.3 Å². The first-order valence-electron chi connectivity index (χ1n) is 6.44. The Hall–Kier alpha value is -1.19. The van der Waals surface area contributed by atoms with Gasteiger partial charge in [0.2, 0.25) is 0 Å². The van der Waals surface area contributed by atoms with E-state index in [9.17, 15) is 5.11 Å². The summed E-state index contributed by atoms with van der Waals surface area (Å²) in [5.74, 6) is 0.635. The van der Waals surface area contributed by atoms with Gasteiger partial charge in [0.05, 0.1) is 10.7 Å². The zero-order valence-corrected chi connectivity index (χ0v) is 11.3. The molecule has 18 heavy (non-hydrogen) atoms. The maximum Gasteiger partial charge on any atom is 0.122 e. The summed E-state index contributed by atoms with van der Waals surface area (Å²) in [6.07, 6.45) is 3.23. The van der Waals surface area contributed by atoms with Gasteiger partial charge in [0.25, 0.3) is 0 Å². The molecule has 3 heteroatoms. The maximum atomic E-state index is 10.5. The van der Waals surface area contributed by atoms with E-state index in [2.05, 4.69) is 17.1 Å². The summed E-state index contributed by atoms with van der Waals surface area (Å²) >= 11 is 1.59. The minimum absolute atomic E-state index is 0.577. The molecule has 3 rings (SSSR count). The van der Waals surface area contributed by atoms with E-state index < -0.39 is 6.10 Å². The molecule has 0 spiro atoms. The zero-order valence-electron chi connectivity index (χ0n) is 10.5. The van der Waals surface area contributed by atoms with Crippen LogP contribution in [0.15, 0.2) is 29.6 Å². The van der Waals surface area contributed by atoms with Crippen LogP contribution in [0.25, 0.3) is 0 Å². The van der Waals surface area contributed by atoms with Crippen LogP contribution < -0.4 is 0 Å². The second-order valence-electron chi connectivity index (χ2n) is 4.95. The van der Waals surface area contributed by atoms with Gasteiger partial charge < -0.3 is 5.11 Å². The number of hydrogen-bond acceptors (Lipinski definition) is 3. The molecular formula is C15H17NOS. The van der Waals surface area contributed by atoms with Crippen LogP contribution in [0.4, 0.5) is 0 Å². The highest BCUT2D eigenvalue weighted by atomic mass is 32.1. The van der Waals surface area contributed by atoms with Crippen LogP contribution in [0.1, 0.15) is 53.1 Å². The smallest absolute Gasteiger partial charge is 0.122 e. The molecular weight excluding hydrogens is 242 g/mol. The van der Waals surface area contributed by atoms with Gasteiger partial charge in [-0.3, -0.25) is 0 Å². The van der Waals surface area contributed by atoms with Crippen molar-refractivity contribution in [1.29, 1.82) is 0 Å². The van der Waals surface area contributed by atoms with Crippen LogP contribution >= 0.6 is 11.3 Å². The third kappa shape index (κ3) is 2.08. The summed E-state index contributed by atoms with van der Waals surface area (Å²) in [5, 5.41) is 13.5. The van der Waals surface area contributed by atoms with Crippen molar-refractivity contribution < 1.29 is 5.11 Å². The predicted octanol–water partition coefficient (Wildman–Crippen LogP) is 3.80. The Labute approximate surface area is 111 Å². The van der Waals surface area contributed by atoms with Crippen molar-refractivity contribution in [2.24, 2.45) is 0 Å². The van der Waals surface area contributed by atoms with E-state index in [0.717, 1.165) is 16.3 Å². The molecule has 2 aromatic rings. The molecule has 0 radical (unpaired) electrons. The van der Waals surface area contributed by atoms with E-state index in [1.807, 2.05) is 24.4 Å².